The Bertz CT molecular complexity index is 376. The maximum Gasteiger partial charge on any atom is 0.315 e. The molecule has 1 aliphatic rings. The molecule has 0 saturated carbocycles. The van der Waals surface area contributed by atoms with Gasteiger partial charge in [-0.25, -0.2) is 0 Å². The molecule has 0 spiro atoms. The van der Waals surface area contributed by atoms with Crippen LogP contribution in [0.4, 0.5) is 0 Å². The largest absolute Gasteiger partial charge is 0.466 e. The fourth-order valence-corrected chi connectivity index (χ4v) is 2.28. The normalized spacial score (nSPS) is 16.9. The Morgan fingerprint density at radius 3 is 2.19 bits per heavy atom. The molecule has 0 aromatic rings. The molecule has 0 radical (unpaired) electrons. The number of rotatable bonds is 7. The molecule has 21 heavy (non-hydrogen) atoms. The second-order valence-corrected chi connectivity index (χ2v) is 4.90. The summed E-state index contributed by atoms with van der Waals surface area (Å²) in [5, 5.41) is 2.79. The van der Waals surface area contributed by atoms with Crippen LogP contribution in [0.1, 0.15) is 39.5 Å². The molecule has 120 valence electrons. The molecule has 1 saturated heterocycles. The molecule has 1 N–H and O–H groups in total. The number of esters is 2. The smallest absolute Gasteiger partial charge is 0.315 e. The molecule has 0 unspecified atom stereocenters. The molecule has 1 amide bonds. The van der Waals surface area contributed by atoms with Gasteiger partial charge in [0.15, 0.2) is 0 Å². The van der Waals surface area contributed by atoms with Crippen LogP contribution in [0.25, 0.3) is 0 Å². The van der Waals surface area contributed by atoms with Gasteiger partial charge in [-0.3, -0.25) is 14.4 Å². The third kappa shape index (κ3) is 6.12. The lowest BCUT2D eigenvalue weighted by Crippen LogP contribution is -2.53. The van der Waals surface area contributed by atoms with Gasteiger partial charge in [-0.15, -0.1) is 0 Å². The average molecular weight is 301 g/mol. The van der Waals surface area contributed by atoms with Gasteiger partial charge in [0.25, 0.3) is 0 Å². The van der Waals surface area contributed by atoms with Crippen molar-refractivity contribution in [1.82, 2.24) is 5.32 Å². The third-order valence-electron chi connectivity index (χ3n) is 3.25. The summed E-state index contributed by atoms with van der Waals surface area (Å²) in [6.45, 7) is 4.85. The second kappa shape index (κ2) is 8.61. The van der Waals surface area contributed by atoms with Gasteiger partial charge < -0.3 is 19.5 Å². The molecule has 1 aliphatic heterocycles. The summed E-state index contributed by atoms with van der Waals surface area (Å²) in [5.74, 6) is -1.39. The van der Waals surface area contributed by atoms with Gasteiger partial charge in [-0.05, 0) is 26.7 Å². The van der Waals surface area contributed by atoms with Gasteiger partial charge in [0, 0.05) is 13.2 Å². The van der Waals surface area contributed by atoms with E-state index in [1.807, 2.05) is 0 Å². The van der Waals surface area contributed by atoms with Crippen molar-refractivity contribution in [3.63, 3.8) is 0 Å². The van der Waals surface area contributed by atoms with Crippen LogP contribution in [-0.4, -0.2) is 49.8 Å². The SMILES string of the molecule is CCOC(=O)CC(=O)NC1(CC(=O)OCC)CCOCC1. The van der Waals surface area contributed by atoms with E-state index in [2.05, 4.69) is 5.32 Å². The minimum absolute atomic E-state index is 0.0821. The molecule has 0 atom stereocenters. The first-order valence-electron chi connectivity index (χ1n) is 7.21. The van der Waals surface area contributed by atoms with Crippen molar-refractivity contribution in [3.8, 4) is 0 Å². The maximum absolute atomic E-state index is 11.9. The van der Waals surface area contributed by atoms with Crippen LogP contribution in [-0.2, 0) is 28.6 Å². The zero-order chi connectivity index (χ0) is 15.7. The van der Waals surface area contributed by atoms with Crippen molar-refractivity contribution in [1.29, 1.82) is 0 Å². The van der Waals surface area contributed by atoms with E-state index in [0.717, 1.165) is 0 Å². The molecule has 0 aliphatic carbocycles. The molecule has 0 aromatic carbocycles. The highest BCUT2D eigenvalue weighted by Gasteiger charge is 2.37. The zero-order valence-corrected chi connectivity index (χ0v) is 12.6. The van der Waals surface area contributed by atoms with Gasteiger partial charge in [0.2, 0.25) is 5.91 Å². The Kier molecular flexibility index (Phi) is 7.14. The number of hydrogen-bond acceptors (Lipinski definition) is 6. The Morgan fingerprint density at radius 1 is 1.05 bits per heavy atom. The Hall–Kier alpha value is -1.63. The predicted molar refractivity (Wildman–Crippen MR) is 73.4 cm³/mol. The zero-order valence-electron chi connectivity index (χ0n) is 12.6. The lowest BCUT2D eigenvalue weighted by Gasteiger charge is -2.37. The van der Waals surface area contributed by atoms with Crippen LogP contribution in [0.5, 0.6) is 0 Å². The van der Waals surface area contributed by atoms with Crippen LogP contribution in [0.3, 0.4) is 0 Å². The van der Waals surface area contributed by atoms with E-state index in [1.165, 1.54) is 0 Å². The van der Waals surface area contributed by atoms with Gasteiger partial charge >= 0.3 is 11.9 Å². The standard InChI is InChI=1S/C14H23NO6/c1-3-20-12(17)9-11(16)15-14(5-7-19-8-6-14)10-13(18)21-4-2/h3-10H2,1-2H3,(H,15,16). The van der Waals surface area contributed by atoms with Crippen molar-refractivity contribution < 1.29 is 28.6 Å². The van der Waals surface area contributed by atoms with E-state index in [1.54, 1.807) is 13.8 Å². The Morgan fingerprint density at radius 2 is 1.62 bits per heavy atom. The fourth-order valence-electron chi connectivity index (χ4n) is 2.28. The van der Waals surface area contributed by atoms with E-state index >= 15 is 0 Å². The van der Waals surface area contributed by atoms with Gasteiger partial charge in [0.1, 0.15) is 6.42 Å². The summed E-state index contributed by atoms with van der Waals surface area (Å²) >= 11 is 0. The summed E-state index contributed by atoms with van der Waals surface area (Å²) in [7, 11) is 0. The molecule has 1 heterocycles. The highest BCUT2D eigenvalue weighted by atomic mass is 16.5. The monoisotopic (exact) mass is 301 g/mol. The van der Waals surface area contributed by atoms with E-state index in [0.29, 0.717) is 32.7 Å². The van der Waals surface area contributed by atoms with E-state index in [4.69, 9.17) is 14.2 Å². The number of nitrogens with one attached hydrogen (secondary N) is 1. The number of amides is 1. The van der Waals surface area contributed by atoms with Crippen LogP contribution in [0.15, 0.2) is 0 Å². The van der Waals surface area contributed by atoms with Gasteiger partial charge in [-0.1, -0.05) is 0 Å². The number of hydrogen-bond donors (Lipinski definition) is 1. The highest BCUT2D eigenvalue weighted by Crippen LogP contribution is 2.25. The van der Waals surface area contributed by atoms with E-state index in [9.17, 15) is 14.4 Å². The minimum atomic E-state index is -0.700. The van der Waals surface area contributed by atoms with Crippen molar-refractivity contribution in [2.75, 3.05) is 26.4 Å². The van der Waals surface area contributed by atoms with Crippen LogP contribution in [0, 0.1) is 0 Å². The summed E-state index contributed by atoms with van der Waals surface area (Å²) < 4.78 is 15.0. The van der Waals surface area contributed by atoms with Crippen molar-refractivity contribution in [3.05, 3.63) is 0 Å². The molecular formula is C14H23NO6. The molecule has 7 heteroatoms. The van der Waals surface area contributed by atoms with Crippen molar-refractivity contribution >= 4 is 17.8 Å². The first-order chi connectivity index (χ1) is 10.0. The third-order valence-corrected chi connectivity index (χ3v) is 3.25. The molecule has 1 rings (SSSR count). The number of carbonyl (C=O) groups is 3. The molecule has 0 aromatic heterocycles. The first kappa shape index (κ1) is 17.4. The van der Waals surface area contributed by atoms with E-state index in [-0.39, 0.29) is 25.4 Å². The Labute approximate surface area is 124 Å². The lowest BCUT2D eigenvalue weighted by atomic mass is 9.86. The summed E-state index contributed by atoms with van der Waals surface area (Å²) in [4.78, 5) is 35.0. The summed E-state index contributed by atoms with van der Waals surface area (Å²) in [6.07, 6.45) is 0.763. The maximum atomic E-state index is 11.9. The van der Waals surface area contributed by atoms with Crippen LogP contribution >= 0.6 is 0 Å². The molecular weight excluding hydrogens is 278 g/mol. The predicted octanol–water partition coefficient (Wildman–Crippen LogP) is 0.558. The first-order valence-corrected chi connectivity index (χ1v) is 7.21. The average Bonchev–Trinajstić information content (AvgIpc) is 2.39. The lowest BCUT2D eigenvalue weighted by molar-refractivity contribution is -0.147. The number of carbonyl (C=O) groups excluding carboxylic acids is 3. The summed E-state index contributed by atoms with van der Waals surface area (Å²) in [6, 6.07) is 0. The Balaban J connectivity index is 2.62. The fraction of sp³-hybridized carbons (Fsp3) is 0.786. The summed E-state index contributed by atoms with van der Waals surface area (Å²) in [5.41, 5.74) is -0.700. The number of ether oxygens (including phenoxy) is 3. The van der Waals surface area contributed by atoms with Crippen molar-refractivity contribution in [2.45, 2.75) is 45.1 Å². The highest BCUT2D eigenvalue weighted by molar-refractivity contribution is 5.94. The molecule has 0 bridgehead atoms. The minimum Gasteiger partial charge on any atom is -0.466 e. The van der Waals surface area contributed by atoms with Crippen LogP contribution < -0.4 is 5.32 Å². The second-order valence-electron chi connectivity index (χ2n) is 4.90. The van der Waals surface area contributed by atoms with Crippen molar-refractivity contribution in [2.24, 2.45) is 0 Å². The van der Waals surface area contributed by atoms with Crippen LogP contribution in [0.2, 0.25) is 0 Å². The van der Waals surface area contributed by atoms with Gasteiger partial charge in [0.05, 0.1) is 25.2 Å². The van der Waals surface area contributed by atoms with E-state index < -0.39 is 17.4 Å². The topological polar surface area (TPSA) is 90.9 Å². The molecule has 7 nitrogen and oxygen atoms in total. The van der Waals surface area contributed by atoms with Gasteiger partial charge in [-0.2, -0.15) is 0 Å². The molecule has 1 fully saturated rings. The quantitative estimate of drug-likeness (QED) is 0.546.